The van der Waals surface area contributed by atoms with Crippen LogP contribution >= 0.6 is 0 Å². The van der Waals surface area contributed by atoms with Crippen molar-refractivity contribution in [3.8, 4) is 0 Å². The fourth-order valence-electron chi connectivity index (χ4n) is 2.82. The van der Waals surface area contributed by atoms with Gasteiger partial charge in [0.05, 0.1) is 27.8 Å². The van der Waals surface area contributed by atoms with Gasteiger partial charge < -0.3 is 20.5 Å². The van der Waals surface area contributed by atoms with Gasteiger partial charge in [0.15, 0.2) is 5.65 Å². The lowest BCUT2D eigenvalue weighted by molar-refractivity contribution is 0.186. The highest BCUT2D eigenvalue weighted by Gasteiger charge is 2.12. The maximum atomic E-state index is 11.9. The fourth-order valence-corrected chi connectivity index (χ4v) is 2.82. The van der Waals surface area contributed by atoms with Gasteiger partial charge in [-0.15, -0.1) is 4.73 Å². The molecule has 4 aromatic rings. The highest BCUT2D eigenvalue weighted by molar-refractivity contribution is 5.90. The van der Waals surface area contributed by atoms with Gasteiger partial charge in [-0.05, 0) is 24.6 Å². The lowest BCUT2D eigenvalue weighted by atomic mass is 10.1. The van der Waals surface area contributed by atoms with E-state index >= 15 is 0 Å². The summed E-state index contributed by atoms with van der Waals surface area (Å²) in [6.45, 7) is 2.19. The Morgan fingerprint density at radius 1 is 1.16 bits per heavy atom. The molecule has 4 N–H and O–H groups in total. The summed E-state index contributed by atoms with van der Waals surface area (Å²) in [4.78, 5) is 36.7. The predicted molar refractivity (Wildman–Crippen MR) is 92.0 cm³/mol. The van der Waals surface area contributed by atoms with Crippen molar-refractivity contribution in [1.82, 2.24) is 24.7 Å². The highest BCUT2D eigenvalue weighted by atomic mass is 16.5. The number of aromatic nitrogens is 5. The highest BCUT2D eigenvalue weighted by Crippen LogP contribution is 2.22. The Morgan fingerprint density at radius 2 is 1.96 bits per heavy atom. The van der Waals surface area contributed by atoms with E-state index in [0.29, 0.717) is 33.6 Å². The molecule has 126 valence electrons. The van der Waals surface area contributed by atoms with E-state index in [1.54, 1.807) is 6.92 Å². The van der Waals surface area contributed by atoms with Gasteiger partial charge in [-0.2, -0.15) is 0 Å². The molecule has 0 saturated heterocycles. The number of aromatic amines is 2. The second-order valence-corrected chi connectivity index (χ2v) is 5.68. The van der Waals surface area contributed by atoms with Crippen LogP contribution in [0.3, 0.4) is 0 Å². The van der Waals surface area contributed by atoms with Crippen molar-refractivity contribution in [3.63, 3.8) is 0 Å². The van der Waals surface area contributed by atoms with Gasteiger partial charge in [-0.3, -0.25) is 4.79 Å². The Kier molecular flexibility index (Phi) is 3.27. The molecule has 0 fully saturated rings. The smallest absolute Gasteiger partial charge is 0.323 e. The topological polar surface area (TPSA) is 129 Å². The van der Waals surface area contributed by atoms with Crippen LogP contribution in [0.25, 0.3) is 22.1 Å². The molecule has 0 unspecified atom stereocenters. The van der Waals surface area contributed by atoms with Crippen LogP contribution in [0.5, 0.6) is 0 Å². The van der Waals surface area contributed by atoms with Crippen LogP contribution in [0.4, 0.5) is 5.69 Å². The number of hydrogen-bond donors (Lipinski definition) is 4. The summed E-state index contributed by atoms with van der Waals surface area (Å²) in [7, 11) is 0. The third kappa shape index (κ3) is 2.51. The van der Waals surface area contributed by atoms with E-state index in [9.17, 15) is 14.8 Å². The molecule has 0 spiro atoms. The number of hydrogen-bond acceptors (Lipinski definition) is 6. The number of H-pyrrole nitrogens is 2. The number of fused-ring (bicyclic) bond motifs is 2. The van der Waals surface area contributed by atoms with Gasteiger partial charge in [-0.1, -0.05) is 6.07 Å². The lowest BCUT2D eigenvalue weighted by Gasteiger charge is -2.12. The molecule has 4 rings (SSSR count). The number of benzene rings is 1. The number of pyridine rings is 1. The zero-order chi connectivity index (χ0) is 17.6. The summed E-state index contributed by atoms with van der Waals surface area (Å²) in [6.07, 6.45) is 1.30. The monoisotopic (exact) mass is 338 g/mol. The summed E-state index contributed by atoms with van der Waals surface area (Å²) >= 11 is 0. The summed E-state index contributed by atoms with van der Waals surface area (Å²) in [5, 5.41) is 13.6. The Bertz CT molecular complexity index is 1220. The first-order valence-electron chi connectivity index (χ1n) is 7.54. The van der Waals surface area contributed by atoms with E-state index in [2.05, 4.69) is 25.3 Å². The third-order valence-corrected chi connectivity index (χ3v) is 4.03. The second kappa shape index (κ2) is 5.48. The second-order valence-electron chi connectivity index (χ2n) is 5.68. The number of nitrogens with one attached hydrogen (secondary N) is 3. The maximum Gasteiger partial charge on any atom is 0.323 e. The van der Waals surface area contributed by atoms with Crippen LogP contribution in [0.1, 0.15) is 11.3 Å². The number of rotatable bonds is 3. The molecule has 9 heteroatoms. The van der Waals surface area contributed by atoms with E-state index in [1.807, 2.05) is 18.2 Å². The minimum absolute atomic E-state index is 0.146. The number of imidazole rings is 1. The molecular formula is C16H14N6O3. The molecule has 0 bridgehead atoms. The number of anilines is 1. The summed E-state index contributed by atoms with van der Waals surface area (Å²) < 4.78 is 0.506. The Morgan fingerprint density at radius 3 is 2.80 bits per heavy atom. The van der Waals surface area contributed by atoms with Crippen molar-refractivity contribution in [3.05, 3.63) is 62.7 Å². The van der Waals surface area contributed by atoms with E-state index < -0.39 is 5.56 Å². The van der Waals surface area contributed by atoms with Gasteiger partial charge in [-0.25, -0.2) is 14.8 Å². The minimum Gasteiger partial charge on any atom is -0.423 e. The molecule has 0 amide bonds. The summed E-state index contributed by atoms with van der Waals surface area (Å²) in [5.41, 5.74) is 2.83. The SMILES string of the molecule is Cc1ncnc2c1c(NCc1ccc3[nH]c(=O)[nH]c3c1)cc(=O)n2O. The Balaban J connectivity index is 1.73. The van der Waals surface area contributed by atoms with Gasteiger partial charge in [0.2, 0.25) is 0 Å². The van der Waals surface area contributed by atoms with Crippen LogP contribution in [0, 0.1) is 6.92 Å². The van der Waals surface area contributed by atoms with Crippen LogP contribution < -0.4 is 16.6 Å². The summed E-state index contributed by atoms with van der Waals surface area (Å²) in [6, 6.07) is 6.83. The number of nitrogens with zero attached hydrogens (tertiary/aromatic N) is 3. The van der Waals surface area contributed by atoms with E-state index in [1.165, 1.54) is 12.4 Å². The molecule has 0 aliphatic heterocycles. The van der Waals surface area contributed by atoms with Crippen molar-refractivity contribution in [2.24, 2.45) is 0 Å². The molecule has 0 aliphatic carbocycles. The van der Waals surface area contributed by atoms with Crippen LogP contribution in [0.15, 0.2) is 40.2 Å². The molecule has 0 radical (unpaired) electrons. The molecule has 0 saturated carbocycles. The molecule has 9 nitrogen and oxygen atoms in total. The average molecular weight is 338 g/mol. The molecular weight excluding hydrogens is 324 g/mol. The van der Waals surface area contributed by atoms with Gasteiger partial charge in [0.1, 0.15) is 6.33 Å². The Hall–Kier alpha value is -3.62. The lowest BCUT2D eigenvalue weighted by Crippen LogP contribution is -2.20. The van der Waals surface area contributed by atoms with Gasteiger partial charge >= 0.3 is 5.69 Å². The Labute approximate surface area is 140 Å². The first kappa shape index (κ1) is 14.9. The normalized spacial score (nSPS) is 11.2. The van der Waals surface area contributed by atoms with Crippen LogP contribution in [-0.2, 0) is 6.54 Å². The quantitative estimate of drug-likeness (QED) is 0.414. The number of aryl methyl sites for hydroxylation is 1. The van der Waals surface area contributed by atoms with Gasteiger partial charge in [0.25, 0.3) is 5.56 Å². The fraction of sp³-hybridized carbons (Fsp3) is 0.125. The molecule has 3 aromatic heterocycles. The minimum atomic E-state index is -0.585. The molecule has 25 heavy (non-hydrogen) atoms. The maximum absolute atomic E-state index is 11.9. The zero-order valence-corrected chi connectivity index (χ0v) is 13.2. The summed E-state index contributed by atoms with van der Waals surface area (Å²) in [5.74, 6) is 0. The molecule has 1 aromatic carbocycles. The van der Waals surface area contributed by atoms with Crippen LogP contribution in [-0.4, -0.2) is 29.9 Å². The zero-order valence-electron chi connectivity index (χ0n) is 13.2. The van der Waals surface area contributed by atoms with E-state index in [0.717, 1.165) is 11.1 Å². The van der Waals surface area contributed by atoms with Crippen molar-refractivity contribution < 1.29 is 5.21 Å². The van der Waals surface area contributed by atoms with Crippen molar-refractivity contribution in [1.29, 1.82) is 0 Å². The van der Waals surface area contributed by atoms with Crippen LogP contribution in [0.2, 0.25) is 0 Å². The molecule has 0 aliphatic rings. The van der Waals surface area contributed by atoms with Crippen molar-refractivity contribution in [2.45, 2.75) is 13.5 Å². The first-order valence-corrected chi connectivity index (χ1v) is 7.54. The first-order chi connectivity index (χ1) is 12.0. The average Bonchev–Trinajstić information content (AvgIpc) is 2.96. The third-order valence-electron chi connectivity index (χ3n) is 4.03. The molecule has 3 heterocycles. The molecule has 0 atom stereocenters. The standard InChI is InChI=1S/C16H14N6O3/c1-8-14-12(5-13(23)22(25)15(14)19-7-18-8)17-6-9-2-3-10-11(4-9)21-16(24)20-10/h2-5,7,17,25H,6H2,1H3,(H2,20,21,24). The van der Waals surface area contributed by atoms with Crippen molar-refractivity contribution in [2.75, 3.05) is 5.32 Å². The predicted octanol–water partition coefficient (Wildman–Crippen LogP) is 1.12. The van der Waals surface area contributed by atoms with Crippen molar-refractivity contribution >= 4 is 27.8 Å². The van der Waals surface area contributed by atoms with E-state index in [4.69, 9.17) is 0 Å². The van der Waals surface area contributed by atoms with Gasteiger partial charge in [0, 0.05) is 12.6 Å². The largest absolute Gasteiger partial charge is 0.423 e. The van der Waals surface area contributed by atoms with E-state index in [-0.39, 0.29) is 11.3 Å².